The third-order valence-electron chi connectivity index (χ3n) is 0. The fraction of sp³-hybridized carbons (Fsp3) is 0. The second kappa shape index (κ2) is 17.4. The van der Waals surface area contributed by atoms with Gasteiger partial charge in [-0.25, -0.2) is 0 Å². The maximum absolute atomic E-state index is 0. The maximum Gasteiger partial charge on any atom is 0 e. The molecule has 0 aliphatic rings. The first-order valence-corrected chi connectivity index (χ1v) is 0. The Labute approximate surface area is 80.6 Å². The molecule has 0 N–H and O–H groups in total. The molecule has 0 nitrogen and oxygen atoms in total. The van der Waals surface area contributed by atoms with Crippen molar-refractivity contribution in [2.45, 2.75) is 0 Å². The summed E-state index contributed by atoms with van der Waals surface area (Å²) in [5.74, 6) is 0. The largest absolute Gasteiger partial charge is 0 e. The van der Waals surface area contributed by atoms with Crippen molar-refractivity contribution in [2.24, 2.45) is 0 Å². The van der Waals surface area contributed by atoms with Crippen LogP contribution in [0.2, 0.25) is 0 Å². The number of hydrogen-bond donors (Lipinski definition) is 0. The van der Waals surface area contributed by atoms with E-state index in [2.05, 4.69) is 0 Å². The fourth-order valence-corrected chi connectivity index (χ4v) is 0. The third-order valence-corrected chi connectivity index (χ3v) is 0. The first kappa shape index (κ1) is 30.3. The minimum atomic E-state index is 0. The van der Waals surface area contributed by atoms with Gasteiger partial charge in [-0.3, -0.25) is 0 Å². The molecule has 0 radical (unpaired) electrons. The minimum Gasteiger partial charge on any atom is 0 e. The summed E-state index contributed by atoms with van der Waals surface area (Å²) >= 11 is 0. The van der Waals surface area contributed by atoms with E-state index >= 15 is 0 Å². The van der Waals surface area contributed by atoms with Gasteiger partial charge in [-0.1, -0.05) is 0 Å². The molecule has 0 aromatic heterocycles. The molecule has 0 aromatic rings. The van der Waals surface area contributed by atoms with Crippen molar-refractivity contribution in [1.29, 1.82) is 0 Å². The molecule has 0 saturated carbocycles. The Morgan fingerprint density at radius 3 is 1.00 bits per heavy atom. The molecule has 4 heavy (non-hydrogen) atoms. The van der Waals surface area contributed by atoms with Crippen molar-refractivity contribution >= 4 is 60.1 Å². The van der Waals surface area contributed by atoms with E-state index < -0.39 is 0 Å². The van der Waals surface area contributed by atoms with Crippen molar-refractivity contribution in [3.63, 3.8) is 0 Å². The monoisotopic (exact) mass is 210 g/mol. The summed E-state index contributed by atoms with van der Waals surface area (Å²) in [6, 6.07) is 0. The molecule has 0 saturated heterocycles. The molecule has 20 valence electrons. The summed E-state index contributed by atoms with van der Waals surface area (Å²) in [6.45, 7) is 0. The summed E-state index contributed by atoms with van der Waals surface area (Å²) in [4.78, 5) is 0. The van der Waals surface area contributed by atoms with Gasteiger partial charge < -0.3 is 0 Å². The summed E-state index contributed by atoms with van der Waals surface area (Å²) in [5, 5.41) is 0. The second-order valence-corrected chi connectivity index (χ2v) is 0. The molecule has 0 heterocycles. The van der Waals surface area contributed by atoms with Crippen LogP contribution >= 0.6 is 0 Å². The van der Waals surface area contributed by atoms with Crippen LogP contribution in [0.3, 0.4) is 0 Å². The molecule has 0 aliphatic heterocycles. The van der Waals surface area contributed by atoms with Crippen LogP contribution in [-0.4, -0.2) is 60.1 Å². The first-order valence-electron chi connectivity index (χ1n) is 0. The van der Waals surface area contributed by atoms with Gasteiger partial charge >= 0.3 is 42.8 Å². The quantitative estimate of drug-likeness (QED) is 0.366. The van der Waals surface area contributed by atoms with E-state index in [1.807, 2.05) is 0 Å². The molecule has 0 spiro atoms. The molecular weight excluding hydrogens is 201 g/mol. The number of hydrogen-bond acceptors (Lipinski definition) is 0. The smallest absolute Gasteiger partial charge is 0 e. The van der Waals surface area contributed by atoms with Gasteiger partial charge in [0.2, 0.25) is 0 Å². The van der Waals surface area contributed by atoms with E-state index in [-0.39, 0.29) is 81.8 Å². The number of rotatable bonds is 0. The van der Waals surface area contributed by atoms with E-state index in [9.17, 15) is 0 Å². The van der Waals surface area contributed by atoms with Crippen molar-refractivity contribution in [3.05, 3.63) is 0 Å². The average molecular weight is 209 g/mol. The van der Waals surface area contributed by atoms with Crippen molar-refractivity contribution in [3.8, 4) is 0 Å². The predicted molar refractivity (Wildman–Crippen MR) is 28.4 cm³/mol. The van der Waals surface area contributed by atoms with E-state index in [1.54, 1.807) is 0 Å². The Morgan fingerprint density at radius 1 is 1.00 bits per heavy atom. The van der Waals surface area contributed by atoms with Crippen LogP contribution in [0.25, 0.3) is 0 Å². The first-order chi connectivity index (χ1) is 0. The van der Waals surface area contributed by atoms with Crippen LogP contribution < -0.4 is 0 Å². The van der Waals surface area contributed by atoms with Crippen LogP contribution in [-0.2, 0) is 21.7 Å². The van der Waals surface area contributed by atoms with Crippen LogP contribution in [0.4, 0.5) is 0 Å². The van der Waals surface area contributed by atoms with Gasteiger partial charge in [0.05, 0.1) is 0 Å². The SMILES string of the molecule is [AlH3].[LiH].[SnH4].[Ti]. The molecule has 0 atom stereocenters. The summed E-state index contributed by atoms with van der Waals surface area (Å²) in [6.07, 6.45) is 0. The standard InChI is InChI=1S/Al.Li.Sn.Ti.8H. The van der Waals surface area contributed by atoms with Crippen molar-refractivity contribution < 1.29 is 21.7 Å². The molecule has 0 fully saturated rings. The van der Waals surface area contributed by atoms with Crippen molar-refractivity contribution in [2.75, 3.05) is 0 Å². The Bertz CT molecular complexity index is 8.00. The summed E-state index contributed by atoms with van der Waals surface area (Å²) < 4.78 is 0. The zero-order chi connectivity index (χ0) is 0. The van der Waals surface area contributed by atoms with Crippen molar-refractivity contribution in [1.82, 2.24) is 0 Å². The summed E-state index contributed by atoms with van der Waals surface area (Å²) in [5.41, 5.74) is 0. The van der Waals surface area contributed by atoms with Crippen LogP contribution in [0.1, 0.15) is 0 Å². The molecular formula is H8AlLiSnTi. The zero-order valence-corrected chi connectivity index (χ0v) is 2.06. The van der Waals surface area contributed by atoms with Gasteiger partial charge in [-0.2, -0.15) is 0 Å². The second-order valence-electron chi connectivity index (χ2n) is 0. The summed E-state index contributed by atoms with van der Waals surface area (Å²) in [7, 11) is 0. The predicted octanol–water partition coefficient (Wildman–Crippen LogP) is -3.29. The zero-order valence-electron chi connectivity index (χ0n) is 0.500. The van der Waals surface area contributed by atoms with Crippen LogP contribution in [0, 0.1) is 0 Å². The Balaban J connectivity index is 0. The van der Waals surface area contributed by atoms with Gasteiger partial charge in [0.1, 0.15) is 0 Å². The molecule has 0 aromatic carbocycles. The van der Waals surface area contributed by atoms with E-state index in [0.29, 0.717) is 0 Å². The van der Waals surface area contributed by atoms with E-state index in [0.717, 1.165) is 0 Å². The molecule has 0 unspecified atom stereocenters. The van der Waals surface area contributed by atoms with Gasteiger partial charge in [0, 0.05) is 21.7 Å². The molecule has 0 rings (SSSR count). The van der Waals surface area contributed by atoms with Gasteiger partial charge in [-0.15, -0.1) is 0 Å². The Morgan fingerprint density at radius 2 is 1.00 bits per heavy atom. The average Bonchev–Trinajstić information content (AvgIpc) is 0. The molecule has 0 bridgehead atoms. The van der Waals surface area contributed by atoms with Gasteiger partial charge in [0.25, 0.3) is 0 Å². The van der Waals surface area contributed by atoms with Crippen LogP contribution in [0.15, 0.2) is 0 Å². The molecule has 0 aliphatic carbocycles. The fourth-order valence-electron chi connectivity index (χ4n) is 0. The minimum absolute atomic E-state index is 0. The normalized spacial score (nSPS) is 0. The molecule has 0 amide bonds. The van der Waals surface area contributed by atoms with E-state index in [1.165, 1.54) is 0 Å². The topological polar surface area (TPSA) is 0 Å². The Kier molecular flexibility index (Phi) is 132. The van der Waals surface area contributed by atoms with E-state index in [4.69, 9.17) is 0 Å². The van der Waals surface area contributed by atoms with Gasteiger partial charge in [0.15, 0.2) is 17.4 Å². The van der Waals surface area contributed by atoms with Gasteiger partial charge in [-0.05, 0) is 0 Å². The third kappa shape index (κ3) is 8.82. The molecule has 4 heteroatoms. The Hall–Kier alpha value is 2.64. The van der Waals surface area contributed by atoms with Crippen LogP contribution in [0.5, 0.6) is 0 Å². The maximum atomic E-state index is 0.